The van der Waals surface area contributed by atoms with Crippen LogP contribution < -0.4 is 10.9 Å². The molecule has 0 radical (unpaired) electrons. The molecule has 30 heavy (non-hydrogen) atoms. The minimum atomic E-state index is -0.645. The molecule has 0 bridgehead atoms. The Morgan fingerprint density at radius 3 is 2.57 bits per heavy atom. The largest absolute Gasteiger partial charge is 0.295 e. The zero-order valence-corrected chi connectivity index (χ0v) is 17.1. The van der Waals surface area contributed by atoms with Crippen molar-refractivity contribution >= 4 is 29.3 Å². The van der Waals surface area contributed by atoms with Crippen molar-refractivity contribution in [1.29, 1.82) is 0 Å². The molecule has 0 saturated heterocycles. The molecule has 10 heteroatoms. The number of nitrogens with zero attached hydrogens (tertiary/aromatic N) is 3. The first-order valence-corrected chi connectivity index (χ1v) is 9.90. The zero-order valence-electron chi connectivity index (χ0n) is 16.3. The lowest BCUT2D eigenvalue weighted by Gasteiger charge is -2.10. The number of nitro groups is 1. The Morgan fingerprint density at radius 2 is 1.87 bits per heavy atom. The summed E-state index contributed by atoms with van der Waals surface area (Å²) in [5.41, 5.74) is 7.62. The van der Waals surface area contributed by atoms with Gasteiger partial charge in [0.15, 0.2) is 5.16 Å². The van der Waals surface area contributed by atoms with Gasteiger partial charge in [-0.2, -0.15) is 0 Å². The van der Waals surface area contributed by atoms with Gasteiger partial charge in [-0.3, -0.25) is 35.1 Å². The highest BCUT2D eigenvalue weighted by molar-refractivity contribution is 7.99. The third kappa shape index (κ3) is 5.23. The average Bonchev–Trinajstić information content (AvgIpc) is 3.18. The molecule has 0 atom stereocenters. The van der Waals surface area contributed by atoms with Crippen LogP contribution in [0.25, 0.3) is 5.69 Å². The van der Waals surface area contributed by atoms with E-state index in [-0.39, 0.29) is 17.0 Å². The summed E-state index contributed by atoms with van der Waals surface area (Å²) < 4.78 is 1.89. The topological polar surface area (TPSA) is 119 Å². The summed E-state index contributed by atoms with van der Waals surface area (Å²) in [6.45, 7) is 4.02. The second kappa shape index (κ2) is 9.23. The molecule has 2 amide bonds. The summed E-state index contributed by atoms with van der Waals surface area (Å²) in [5, 5.41) is 11.4. The Hall–Kier alpha value is -3.66. The van der Waals surface area contributed by atoms with Crippen molar-refractivity contribution in [3.05, 3.63) is 81.7 Å². The number of nitro benzene ring substituents is 1. The number of hydrazine groups is 1. The second-order valence-electron chi connectivity index (χ2n) is 6.52. The van der Waals surface area contributed by atoms with Crippen molar-refractivity contribution in [1.82, 2.24) is 20.4 Å². The molecule has 1 aromatic heterocycles. The second-order valence-corrected chi connectivity index (χ2v) is 7.47. The van der Waals surface area contributed by atoms with E-state index in [1.807, 2.05) is 36.7 Å². The zero-order chi connectivity index (χ0) is 21.7. The summed E-state index contributed by atoms with van der Waals surface area (Å²) in [5.74, 6) is -1.06. The minimum absolute atomic E-state index is 0.0248. The number of hydrogen-bond donors (Lipinski definition) is 2. The lowest BCUT2D eigenvalue weighted by Crippen LogP contribution is -2.42. The van der Waals surface area contributed by atoms with E-state index in [0.717, 1.165) is 22.9 Å². The molecule has 2 aromatic carbocycles. The van der Waals surface area contributed by atoms with Gasteiger partial charge in [-0.05, 0) is 43.2 Å². The highest BCUT2D eigenvalue weighted by Gasteiger charge is 2.13. The highest BCUT2D eigenvalue weighted by Crippen LogP contribution is 2.22. The number of thioether (sulfide) groups is 1. The third-order valence-corrected chi connectivity index (χ3v) is 5.03. The maximum atomic E-state index is 12.1. The lowest BCUT2D eigenvalue weighted by molar-refractivity contribution is -0.384. The van der Waals surface area contributed by atoms with Crippen LogP contribution in [0.3, 0.4) is 0 Å². The Morgan fingerprint density at radius 1 is 1.13 bits per heavy atom. The van der Waals surface area contributed by atoms with Crippen LogP contribution >= 0.6 is 11.8 Å². The molecule has 0 fully saturated rings. The molecule has 154 valence electrons. The summed E-state index contributed by atoms with van der Waals surface area (Å²) in [6, 6.07) is 11.4. The maximum Gasteiger partial charge on any atom is 0.270 e. The van der Waals surface area contributed by atoms with Gasteiger partial charge in [0.2, 0.25) is 5.91 Å². The lowest BCUT2D eigenvalue weighted by atomic mass is 10.1. The van der Waals surface area contributed by atoms with Gasteiger partial charge < -0.3 is 0 Å². The first-order chi connectivity index (χ1) is 14.3. The van der Waals surface area contributed by atoms with Crippen LogP contribution in [0.1, 0.15) is 21.5 Å². The predicted molar refractivity (Wildman–Crippen MR) is 112 cm³/mol. The summed E-state index contributed by atoms with van der Waals surface area (Å²) in [6.07, 6.45) is 3.47. The Kier molecular flexibility index (Phi) is 6.48. The van der Waals surface area contributed by atoms with E-state index in [0.29, 0.717) is 5.16 Å². The van der Waals surface area contributed by atoms with E-state index >= 15 is 0 Å². The van der Waals surface area contributed by atoms with Crippen LogP contribution in [0.2, 0.25) is 0 Å². The monoisotopic (exact) mass is 425 g/mol. The fourth-order valence-corrected chi connectivity index (χ4v) is 3.58. The number of rotatable bonds is 6. The first-order valence-electron chi connectivity index (χ1n) is 8.92. The van der Waals surface area contributed by atoms with Gasteiger partial charge in [-0.1, -0.05) is 23.9 Å². The number of carbonyl (C=O) groups is 2. The molecule has 1 heterocycles. The molecular formula is C20H19N5O4S. The first kappa shape index (κ1) is 21.1. The number of amides is 2. The van der Waals surface area contributed by atoms with E-state index in [4.69, 9.17) is 0 Å². The van der Waals surface area contributed by atoms with Gasteiger partial charge in [-0.25, -0.2) is 4.98 Å². The van der Waals surface area contributed by atoms with Gasteiger partial charge in [0, 0.05) is 35.8 Å². The van der Waals surface area contributed by atoms with Gasteiger partial charge in [-0.15, -0.1) is 0 Å². The summed E-state index contributed by atoms with van der Waals surface area (Å²) >= 11 is 1.22. The van der Waals surface area contributed by atoms with Gasteiger partial charge in [0.05, 0.1) is 10.7 Å². The molecule has 0 unspecified atom stereocenters. The van der Waals surface area contributed by atoms with Gasteiger partial charge in [0.1, 0.15) is 0 Å². The maximum absolute atomic E-state index is 12.1. The molecule has 0 aliphatic carbocycles. The van der Waals surface area contributed by atoms with Crippen molar-refractivity contribution < 1.29 is 14.5 Å². The fraction of sp³-hybridized carbons (Fsp3) is 0.150. The fourth-order valence-electron chi connectivity index (χ4n) is 2.81. The molecule has 0 spiro atoms. The van der Waals surface area contributed by atoms with Crippen molar-refractivity contribution in [2.24, 2.45) is 0 Å². The molecule has 0 aliphatic heterocycles. The number of aromatic nitrogens is 2. The smallest absolute Gasteiger partial charge is 0.270 e. The van der Waals surface area contributed by atoms with Crippen LogP contribution in [0.4, 0.5) is 5.69 Å². The van der Waals surface area contributed by atoms with Crippen molar-refractivity contribution in [3.8, 4) is 5.69 Å². The van der Waals surface area contributed by atoms with Crippen molar-refractivity contribution in [2.45, 2.75) is 19.0 Å². The van der Waals surface area contributed by atoms with Crippen LogP contribution in [-0.2, 0) is 4.79 Å². The molecule has 3 rings (SSSR count). The van der Waals surface area contributed by atoms with E-state index in [2.05, 4.69) is 21.9 Å². The molecule has 0 saturated carbocycles. The molecule has 9 nitrogen and oxygen atoms in total. The van der Waals surface area contributed by atoms with Crippen LogP contribution in [0.5, 0.6) is 0 Å². The average molecular weight is 425 g/mol. The van der Waals surface area contributed by atoms with Crippen LogP contribution in [0, 0.1) is 24.0 Å². The predicted octanol–water partition coefficient (Wildman–Crippen LogP) is 2.95. The molecule has 2 N–H and O–H groups in total. The Balaban J connectivity index is 1.57. The van der Waals surface area contributed by atoms with Crippen molar-refractivity contribution in [2.75, 3.05) is 5.75 Å². The van der Waals surface area contributed by atoms with E-state index < -0.39 is 16.7 Å². The number of hydrogen-bond acceptors (Lipinski definition) is 6. The number of nitrogens with one attached hydrogen (secondary N) is 2. The molecular weight excluding hydrogens is 406 g/mol. The standard InChI is InChI=1S/C20H19N5O4S/c1-13-8-14(2)10-17(9-13)24-7-6-21-20(24)30-12-18(26)22-23-19(27)15-4-3-5-16(11-15)25(28)29/h3-11H,12H2,1-2H3,(H,22,26)(H,23,27). The molecule has 3 aromatic rings. The number of non-ortho nitro benzene ring substituents is 1. The quantitative estimate of drug-likeness (QED) is 0.356. The SMILES string of the molecule is Cc1cc(C)cc(-n2ccnc2SCC(=O)NNC(=O)c2cccc([N+](=O)[O-])c2)c1. The van der Waals surface area contributed by atoms with E-state index in [1.54, 1.807) is 6.20 Å². The number of imidazole rings is 1. The van der Waals surface area contributed by atoms with Crippen LogP contribution in [0.15, 0.2) is 60.0 Å². The van der Waals surface area contributed by atoms with Crippen LogP contribution in [-0.4, -0.2) is 32.0 Å². The normalized spacial score (nSPS) is 10.5. The Bertz CT molecular complexity index is 1090. The number of benzene rings is 2. The third-order valence-electron chi connectivity index (χ3n) is 4.06. The van der Waals surface area contributed by atoms with Gasteiger partial charge >= 0.3 is 0 Å². The molecule has 0 aliphatic rings. The van der Waals surface area contributed by atoms with Crippen molar-refractivity contribution in [3.63, 3.8) is 0 Å². The minimum Gasteiger partial charge on any atom is -0.295 e. The summed E-state index contributed by atoms with van der Waals surface area (Å²) in [4.78, 5) is 38.7. The Labute approximate surface area is 176 Å². The number of carbonyl (C=O) groups excluding carboxylic acids is 2. The summed E-state index contributed by atoms with van der Waals surface area (Å²) in [7, 11) is 0. The highest BCUT2D eigenvalue weighted by atomic mass is 32.2. The van der Waals surface area contributed by atoms with Gasteiger partial charge in [0.25, 0.3) is 11.6 Å². The van der Waals surface area contributed by atoms with E-state index in [1.165, 1.54) is 30.0 Å². The van der Waals surface area contributed by atoms with E-state index in [9.17, 15) is 19.7 Å². The number of aryl methyl sites for hydroxylation is 2.